The fourth-order valence-corrected chi connectivity index (χ4v) is 3.00. The van der Waals surface area contributed by atoms with Gasteiger partial charge < -0.3 is 4.57 Å². The lowest BCUT2D eigenvalue weighted by atomic mass is 10.0. The third-order valence-corrected chi connectivity index (χ3v) is 4.72. The number of carbonyl (C=O) groups is 1. The van der Waals surface area contributed by atoms with Crippen LogP contribution in [-0.4, -0.2) is 20.7 Å². The third kappa shape index (κ3) is 3.83. The highest BCUT2D eigenvalue weighted by atomic mass is 32.1. The monoisotopic (exact) mass is 354 g/mol. The van der Waals surface area contributed by atoms with E-state index >= 15 is 0 Å². The Morgan fingerprint density at radius 2 is 1.88 bits per heavy atom. The molecule has 2 heterocycles. The Morgan fingerprint density at radius 3 is 2.52 bits per heavy atom. The fraction of sp³-hybridized carbons (Fsp3) is 0.222. The van der Waals surface area contributed by atoms with Gasteiger partial charge in [-0.25, -0.2) is 0 Å². The number of rotatable bonds is 4. The van der Waals surface area contributed by atoms with Crippen LogP contribution in [0.2, 0.25) is 0 Å². The van der Waals surface area contributed by atoms with Crippen molar-refractivity contribution in [1.82, 2.24) is 14.8 Å². The molecule has 3 aromatic rings. The second kappa shape index (κ2) is 6.98. The zero-order valence-corrected chi connectivity index (χ0v) is 15.0. The van der Waals surface area contributed by atoms with Gasteiger partial charge in [0.05, 0.1) is 0 Å². The van der Waals surface area contributed by atoms with Gasteiger partial charge in [0.2, 0.25) is 5.13 Å². The summed E-state index contributed by atoms with van der Waals surface area (Å²) in [6, 6.07) is 11.0. The first kappa shape index (κ1) is 17.0. The van der Waals surface area contributed by atoms with Crippen molar-refractivity contribution >= 4 is 22.4 Å². The minimum atomic E-state index is -0.379. The van der Waals surface area contributed by atoms with Gasteiger partial charge in [-0.3, -0.25) is 14.9 Å². The molecule has 25 heavy (non-hydrogen) atoms. The normalized spacial score (nSPS) is 10.9. The number of hydrogen-bond acceptors (Lipinski definition) is 5. The Hall–Kier alpha value is -2.80. The molecule has 0 spiro atoms. The van der Waals surface area contributed by atoms with Crippen molar-refractivity contribution in [2.24, 2.45) is 7.05 Å². The van der Waals surface area contributed by atoms with Crippen molar-refractivity contribution in [2.75, 3.05) is 5.32 Å². The fourth-order valence-electron chi connectivity index (χ4n) is 2.26. The smallest absolute Gasteiger partial charge is 0.257 e. The molecule has 3 rings (SSSR count). The Bertz CT molecular complexity index is 958. The Morgan fingerprint density at radius 1 is 1.16 bits per heavy atom. The van der Waals surface area contributed by atoms with Gasteiger partial charge in [-0.1, -0.05) is 49.4 Å². The number of carbonyl (C=O) groups excluding carboxylic acids is 1. The summed E-state index contributed by atoms with van der Waals surface area (Å²) >= 11 is 1.29. The van der Waals surface area contributed by atoms with Crippen LogP contribution in [-0.2, 0) is 7.05 Å². The van der Waals surface area contributed by atoms with E-state index in [1.165, 1.54) is 27.5 Å². The van der Waals surface area contributed by atoms with Gasteiger partial charge >= 0.3 is 0 Å². The lowest BCUT2D eigenvalue weighted by molar-refractivity contribution is 0.102. The number of aromatic nitrogens is 3. The number of nitrogens with one attached hydrogen (secondary N) is 1. The van der Waals surface area contributed by atoms with Crippen molar-refractivity contribution in [3.63, 3.8) is 0 Å². The van der Waals surface area contributed by atoms with Crippen LogP contribution in [0.15, 0.2) is 47.4 Å². The topological polar surface area (TPSA) is 76.9 Å². The minimum absolute atomic E-state index is 0.240. The molecule has 1 amide bonds. The minimum Gasteiger partial charge on any atom is -0.319 e. The molecule has 6 nitrogen and oxygen atoms in total. The van der Waals surface area contributed by atoms with E-state index in [0.29, 0.717) is 16.6 Å². The zero-order chi connectivity index (χ0) is 18.0. The largest absolute Gasteiger partial charge is 0.319 e. The van der Waals surface area contributed by atoms with Crippen LogP contribution in [0.5, 0.6) is 0 Å². The van der Waals surface area contributed by atoms with E-state index in [1.54, 1.807) is 19.3 Å². The van der Waals surface area contributed by atoms with Crippen molar-refractivity contribution in [3.05, 3.63) is 64.1 Å². The number of aryl methyl sites for hydroxylation is 1. The maximum atomic E-state index is 12.2. The summed E-state index contributed by atoms with van der Waals surface area (Å²) in [4.78, 5) is 23.8. The lowest BCUT2D eigenvalue weighted by Gasteiger charge is -2.04. The molecule has 0 aliphatic carbocycles. The summed E-state index contributed by atoms with van der Waals surface area (Å²) in [5.74, 6) is 0.0902. The molecule has 1 aromatic carbocycles. The Balaban J connectivity index is 1.75. The van der Waals surface area contributed by atoms with Crippen LogP contribution in [0.1, 0.15) is 35.7 Å². The highest BCUT2D eigenvalue weighted by Gasteiger charge is 2.12. The Kier molecular flexibility index (Phi) is 4.76. The summed E-state index contributed by atoms with van der Waals surface area (Å²) in [7, 11) is 1.63. The SMILES string of the molecule is CC(C)c1ccc(-c2nnc(NC(=O)c3ccn(C)c(=O)c3)s2)cc1. The molecule has 0 aliphatic heterocycles. The van der Waals surface area contributed by atoms with E-state index in [-0.39, 0.29) is 11.5 Å². The van der Waals surface area contributed by atoms with Crippen molar-refractivity contribution in [3.8, 4) is 10.6 Å². The van der Waals surface area contributed by atoms with Crippen LogP contribution >= 0.6 is 11.3 Å². The predicted octanol–water partition coefficient (Wildman–Crippen LogP) is 3.28. The molecule has 128 valence electrons. The average molecular weight is 354 g/mol. The number of benzene rings is 1. The first-order chi connectivity index (χ1) is 11.9. The van der Waals surface area contributed by atoms with E-state index in [4.69, 9.17) is 0 Å². The van der Waals surface area contributed by atoms with Crippen LogP contribution in [0.25, 0.3) is 10.6 Å². The maximum Gasteiger partial charge on any atom is 0.257 e. The summed E-state index contributed by atoms with van der Waals surface area (Å²) in [5, 5.41) is 11.9. The molecule has 2 aromatic heterocycles. The second-order valence-corrected chi connectivity index (χ2v) is 6.99. The standard InChI is InChI=1S/C18H18N4O2S/c1-11(2)12-4-6-13(7-5-12)17-20-21-18(25-17)19-16(24)14-8-9-22(3)15(23)10-14/h4-11H,1-3H3,(H,19,21,24). The van der Waals surface area contributed by atoms with Gasteiger partial charge in [-0.2, -0.15) is 0 Å². The molecule has 0 unspecified atom stereocenters. The molecule has 0 radical (unpaired) electrons. The van der Waals surface area contributed by atoms with Crippen LogP contribution in [0, 0.1) is 0 Å². The molecule has 7 heteroatoms. The van der Waals surface area contributed by atoms with Gasteiger partial charge in [0, 0.05) is 30.4 Å². The average Bonchev–Trinajstić information content (AvgIpc) is 3.05. The molecule has 0 saturated heterocycles. The Labute approximate surface area is 149 Å². The quantitative estimate of drug-likeness (QED) is 0.780. The van der Waals surface area contributed by atoms with Gasteiger partial charge in [0.1, 0.15) is 5.01 Å². The second-order valence-electron chi connectivity index (χ2n) is 6.01. The zero-order valence-electron chi connectivity index (χ0n) is 14.2. The molecule has 0 saturated carbocycles. The predicted molar refractivity (Wildman–Crippen MR) is 99.1 cm³/mol. The first-order valence-corrected chi connectivity index (χ1v) is 8.67. The van der Waals surface area contributed by atoms with Crippen LogP contribution in [0.4, 0.5) is 5.13 Å². The molecule has 0 fully saturated rings. The number of anilines is 1. The lowest BCUT2D eigenvalue weighted by Crippen LogP contribution is -2.19. The summed E-state index contributed by atoms with van der Waals surface area (Å²) in [6.45, 7) is 4.29. The number of amides is 1. The van der Waals surface area contributed by atoms with Crippen molar-refractivity contribution < 1.29 is 4.79 Å². The van der Waals surface area contributed by atoms with Gasteiger partial charge in [0.15, 0.2) is 0 Å². The molecular formula is C18H18N4O2S. The van der Waals surface area contributed by atoms with Gasteiger partial charge in [-0.15, -0.1) is 10.2 Å². The van der Waals surface area contributed by atoms with Crippen molar-refractivity contribution in [2.45, 2.75) is 19.8 Å². The van der Waals surface area contributed by atoms with E-state index in [1.807, 2.05) is 12.1 Å². The molecule has 0 atom stereocenters. The van der Waals surface area contributed by atoms with E-state index in [0.717, 1.165) is 10.6 Å². The van der Waals surface area contributed by atoms with Gasteiger partial charge in [0.25, 0.3) is 11.5 Å². The van der Waals surface area contributed by atoms with Gasteiger partial charge in [-0.05, 0) is 17.5 Å². The third-order valence-electron chi connectivity index (χ3n) is 3.84. The van der Waals surface area contributed by atoms with E-state index in [2.05, 4.69) is 41.5 Å². The summed E-state index contributed by atoms with van der Waals surface area (Å²) in [6.07, 6.45) is 1.55. The van der Waals surface area contributed by atoms with Crippen LogP contribution in [0.3, 0.4) is 0 Å². The number of hydrogen-bond donors (Lipinski definition) is 1. The van der Waals surface area contributed by atoms with Crippen LogP contribution < -0.4 is 10.9 Å². The molecule has 0 aliphatic rings. The molecule has 1 N–H and O–H groups in total. The summed E-state index contributed by atoms with van der Waals surface area (Å²) < 4.78 is 1.40. The maximum absolute atomic E-state index is 12.2. The molecular weight excluding hydrogens is 336 g/mol. The molecule has 0 bridgehead atoms. The van der Waals surface area contributed by atoms with Crippen molar-refractivity contribution in [1.29, 1.82) is 0 Å². The van der Waals surface area contributed by atoms with E-state index < -0.39 is 0 Å². The highest BCUT2D eigenvalue weighted by molar-refractivity contribution is 7.18. The first-order valence-electron chi connectivity index (χ1n) is 7.86. The summed E-state index contributed by atoms with van der Waals surface area (Å²) in [5.41, 5.74) is 2.26. The highest BCUT2D eigenvalue weighted by Crippen LogP contribution is 2.27. The number of nitrogens with zero attached hydrogens (tertiary/aromatic N) is 3. The van der Waals surface area contributed by atoms with E-state index in [9.17, 15) is 9.59 Å². The number of pyridine rings is 1.